The van der Waals surface area contributed by atoms with Crippen LogP contribution in [0.2, 0.25) is 0 Å². The van der Waals surface area contributed by atoms with Crippen LogP contribution in [0, 0.1) is 34.5 Å². The van der Waals surface area contributed by atoms with Crippen molar-refractivity contribution in [2.75, 3.05) is 27.4 Å². The zero-order valence-electron chi connectivity index (χ0n) is 16.4. The minimum Gasteiger partial charge on any atom is -0.438 e. The van der Waals surface area contributed by atoms with E-state index >= 15 is 0 Å². The van der Waals surface area contributed by atoms with Crippen molar-refractivity contribution in [3.8, 4) is 0 Å². The molecule has 3 aliphatic carbocycles. The molecule has 0 aliphatic heterocycles. The molecule has 0 amide bonds. The molecule has 2 bridgehead atoms. The highest BCUT2D eigenvalue weighted by atomic mass is 16.7. The van der Waals surface area contributed by atoms with Gasteiger partial charge in [0.15, 0.2) is 0 Å². The lowest BCUT2D eigenvalue weighted by Crippen LogP contribution is -2.36. The molecule has 3 fully saturated rings. The highest BCUT2D eigenvalue weighted by Crippen LogP contribution is 2.62. The van der Waals surface area contributed by atoms with Crippen LogP contribution >= 0.6 is 0 Å². The smallest absolute Gasteiger partial charge is 0.438 e. The van der Waals surface area contributed by atoms with Gasteiger partial charge in [-0.3, -0.25) is 0 Å². The van der Waals surface area contributed by atoms with Gasteiger partial charge in [0.25, 0.3) is 0 Å². The fourth-order valence-electron chi connectivity index (χ4n) is 6.04. The highest BCUT2D eigenvalue weighted by molar-refractivity contribution is 5.59. The third-order valence-electron chi connectivity index (χ3n) is 7.10. The Bertz CT molecular complexity index is 548. The van der Waals surface area contributed by atoms with Crippen LogP contribution in [-0.4, -0.2) is 39.7 Å². The zero-order valence-corrected chi connectivity index (χ0v) is 16.4. The topological polar surface area (TPSA) is 71.1 Å². The molecule has 6 heteroatoms. The van der Waals surface area contributed by atoms with Gasteiger partial charge in [-0.1, -0.05) is 13.8 Å². The lowest BCUT2D eigenvalue weighted by Gasteiger charge is -2.41. The van der Waals surface area contributed by atoms with Gasteiger partial charge >= 0.3 is 12.3 Å². The normalized spacial score (nSPS) is 41.1. The van der Waals surface area contributed by atoms with Gasteiger partial charge in [-0.05, 0) is 62.2 Å². The van der Waals surface area contributed by atoms with E-state index in [2.05, 4.69) is 23.3 Å². The van der Waals surface area contributed by atoms with Gasteiger partial charge in [0.05, 0.1) is 14.2 Å². The second-order valence-electron chi connectivity index (χ2n) is 9.34. The molecule has 3 aliphatic rings. The minimum absolute atomic E-state index is 0.0335. The largest absolute Gasteiger partial charge is 0.507 e. The highest BCUT2D eigenvalue weighted by Gasteiger charge is 2.55. The Morgan fingerprint density at radius 1 is 0.846 bits per heavy atom. The van der Waals surface area contributed by atoms with Crippen molar-refractivity contribution in [1.29, 1.82) is 0 Å². The van der Waals surface area contributed by atoms with Crippen LogP contribution in [0.25, 0.3) is 0 Å². The van der Waals surface area contributed by atoms with Crippen molar-refractivity contribution in [1.82, 2.24) is 0 Å². The second kappa shape index (κ2) is 7.28. The number of fused-ring (bicyclic) bond motifs is 5. The van der Waals surface area contributed by atoms with E-state index in [1.807, 2.05) is 0 Å². The molecule has 0 spiro atoms. The zero-order chi connectivity index (χ0) is 18.9. The Kier molecular flexibility index (Phi) is 5.40. The standard InChI is InChI=1S/C20H32O6/c1-19(11-25-17(21)23-3)6-5-15-13-7-14(16(15)10-19)9-20(2,8-13)12-26-18(22)24-4/h13-16H,5-12H2,1-4H3. The van der Waals surface area contributed by atoms with Crippen LogP contribution in [0.1, 0.15) is 52.4 Å². The van der Waals surface area contributed by atoms with Gasteiger partial charge in [-0.2, -0.15) is 0 Å². The first-order chi connectivity index (χ1) is 12.3. The van der Waals surface area contributed by atoms with Crippen LogP contribution in [0.15, 0.2) is 0 Å². The Labute approximate surface area is 155 Å². The predicted octanol–water partition coefficient (Wildman–Crippen LogP) is 4.41. The lowest BCUT2D eigenvalue weighted by molar-refractivity contribution is -0.000769. The monoisotopic (exact) mass is 368 g/mol. The molecule has 3 rings (SSSR count). The quantitative estimate of drug-likeness (QED) is 0.685. The number of rotatable bonds is 4. The first kappa shape index (κ1) is 19.3. The average Bonchev–Trinajstić information content (AvgIpc) is 2.88. The van der Waals surface area contributed by atoms with Gasteiger partial charge in [0.1, 0.15) is 13.2 Å². The van der Waals surface area contributed by atoms with Crippen molar-refractivity contribution in [3.63, 3.8) is 0 Å². The van der Waals surface area contributed by atoms with Crippen LogP contribution in [0.4, 0.5) is 9.59 Å². The predicted molar refractivity (Wildman–Crippen MR) is 94.6 cm³/mol. The molecule has 3 saturated carbocycles. The first-order valence-electron chi connectivity index (χ1n) is 9.69. The maximum atomic E-state index is 11.4. The summed E-state index contributed by atoms with van der Waals surface area (Å²) >= 11 is 0. The van der Waals surface area contributed by atoms with E-state index < -0.39 is 12.3 Å². The Morgan fingerprint density at radius 2 is 1.38 bits per heavy atom. The summed E-state index contributed by atoms with van der Waals surface area (Å²) in [5, 5.41) is 0. The molecule has 0 saturated heterocycles. The second-order valence-corrected chi connectivity index (χ2v) is 9.34. The molecule has 0 aromatic heterocycles. The maximum absolute atomic E-state index is 11.4. The Morgan fingerprint density at radius 3 is 1.96 bits per heavy atom. The fourth-order valence-corrected chi connectivity index (χ4v) is 6.04. The van der Waals surface area contributed by atoms with Crippen LogP contribution in [-0.2, 0) is 18.9 Å². The summed E-state index contributed by atoms with van der Waals surface area (Å²) in [6.07, 6.45) is 5.71. The number of hydrogen-bond acceptors (Lipinski definition) is 6. The van der Waals surface area contributed by atoms with Crippen LogP contribution < -0.4 is 0 Å². The van der Waals surface area contributed by atoms with Gasteiger partial charge in [-0.25, -0.2) is 9.59 Å². The molecular weight excluding hydrogens is 336 g/mol. The molecular formula is C20H32O6. The number of methoxy groups -OCH3 is 2. The SMILES string of the molecule is COC(=O)OCC1(C)CC2CC(C1)C1CC(C)(COC(=O)OC)CCC21. The third kappa shape index (κ3) is 3.94. The summed E-state index contributed by atoms with van der Waals surface area (Å²) in [4.78, 5) is 22.7. The molecule has 0 aromatic rings. The summed E-state index contributed by atoms with van der Waals surface area (Å²) in [7, 11) is 2.69. The fraction of sp³-hybridized carbons (Fsp3) is 0.900. The number of carbonyl (C=O) groups is 2. The summed E-state index contributed by atoms with van der Waals surface area (Å²) in [6, 6.07) is 0. The van der Waals surface area contributed by atoms with E-state index in [-0.39, 0.29) is 10.8 Å². The Hall–Kier alpha value is -1.46. The molecule has 0 radical (unpaired) electrons. The third-order valence-corrected chi connectivity index (χ3v) is 7.10. The summed E-state index contributed by atoms with van der Waals surface area (Å²) in [5.41, 5.74) is 0.0732. The molecule has 148 valence electrons. The van der Waals surface area contributed by atoms with E-state index in [1.165, 1.54) is 27.1 Å². The average molecular weight is 368 g/mol. The van der Waals surface area contributed by atoms with Crippen molar-refractivity contribution >= 4 is 12.3 Å². The maximum Gasteiger partial charge on any atom is 0.507 e. The summed E-state index contributed by atoms with van der Waals surface area (Å²) < 4.78 is 19.8. The minimum atomic E-state index is -0.592. The molecule has 0 N–H and O–H groups in total. The number of ether oxygens (including phenoxy) is 4. The van der Waals surface area contributed by atoms with Gasteiger partial charge in [0.2, 0.25) is 0 Å². The van der Waals surface area contributed by atoms with Gasteiger partial charge < -0.3 is 18.9 Å². The van der Waals surface area contributed by atoms with E-state index in [4.69, 9.17) is 9.47 Å². The van der Waals surface area contributed by atoms with E-state index in [1.54, 1.807) is 0 Å². The van der Waals surface area contributed by atoms with Gasteiger partial charge in [-0.15, -0.1) is 0 Å². The van der Waals surface area contributed by atoms with Crippen molar-refractivity contribution < 1.29 is 28.5 Å². The molecule has 6 unspecified atom stereocenters. The van der Waals surface area contributed by atoms with E-state index in [0.717, 1.165) is 37.5 Å². The van der Waals surface area contributed by atoms with Crippen molar-refractivity contribution in [2.45, 2.75) is 52.4 Å². The first-order valence-corrected chi connectivity index (χ1v) is 9.69. The Balaban J connectivity index is 1.62. The molecule has 0 heterocycles. The number of carbonyl (C=O) groups excluding carboxylic acids is 2. The van der Waals surface area contributed by atoms with Crippen LogP contribution in [0.3, 0.4) is 0 Å². The van der Waals surface area contributed by atoms with Crippen LogP contribution in [0.5, 0.6) is 0 Å². The van der Waals surface area contributed by atoms with E-state index in [0.29, 0.717) is 25.0 Å². The van der Waals surface area contributed by atoms with Crippen molar-refractivity contribution in [3.05, 3.63) is 0 Å². The molecule has 6 nitrogen and oxygen atoms in total. The number of hydrogen-bond donors (Lipinski definition) is 0. The van der Waals surface area contributed by atoms with Crippen molar-refractivity contribution in [2.24, 2.45) is 34.5 Å². The summed E-state index contributed by atoms with van der Waals surface area (Å²) in [6.45, 7) is 5.35. The molecule has 26 heavy (non-hydrogen) atoms. The summed E-state index contributed by atoms with van der Waals surface area (Å²) in [5.74, 6) is 2.82. The molecule has 0 aromatic carbocycles. The van der Waals surface area contributed by atoms with Gasteiger partial charge in [0, 0.05) is 10.8 Å². The lowest BCUT2D eigenvalue weighted by atomic mass is 9.65. The molecule has 6 atom stereocenters. The van der Waals surface area contributed by atoms with E-state index in [9.17, 15) is 9.59 Å².